The van der Waals surface area contributed by atoms with Crippen LogP contribution in [-0.2, 0) is 5.41 Å². The predicted octanol–water partition coefficient (Wildman–Crippen LogP) is 11.0. The number of halogens is 7. The van der Waals surface area contributed by atoms with Crippen LogP contribution in [0.1, 0.15) is 47.9 Å². The average Bonchev–Trinajstić information content (AvgIpc) is 3.81. The Hall–Kier alpha value is -3.22. The molecular formula is C34H23BrClF5. The maximum absolute atomic E-state index is 17.1. The van der Waals surface area contributed by atoms with E-state index in [-0.39, 0.29) is 26.5 Å². The summed E-state index contributed by atoms with van der Waals surface area (Å²) in [5, 5.41) is -0.0726. The van der Waals surface area contributed by atoms with E-state index < -0.39 is 40.4 Å². The number of allylic oxidation sites excluding steroid dienone is 4. The molecule has 0 N–H and O–H groups in total. The monoisotopic (exact) mass is 640 g/mol. The molecule has 4 aromatic carbocycles. The largest absolute Gasteiger partial charge is 0.211 e. The van der Waals surface area contributed by atoms with Crippen LogP contribution in [0.3, 0.4) is 0 Å². The van der Waals surface area contributed by atoms with Crippen molar-refractivity contribution in [2.24, 2.45) is 5.92 Å². The van der Waals surface area contributed by atoms with E-state index in [1.54, 1.807) is 25.1 Å². The quantitative estimate of drug-likeness (QED) is 0.190. The molecule has 1 saturated carbocycles. The van der Waals surface area contributed by atoms with Gasteiger partial charge in [-0.2, -0.15) is 0 Å². The second-order valence-corrected chi connectivity index (χ2v) is 11.9. The normalized spacial score (nSPS) is 21.0. The molecule has 0 aliphatic heterocycles. The third kappa shape index (κ3) is 4.56. The van der Waals surface area contributed by atoms with Gasteiger partial charge in [-0.15, -0.1) is 0 Å². The van der Waals surface area contributed by atoms with Crippen molar-refractivity contribution in [2.75, 3.05) is 0 Å². The molecule has 0 amide bonds. The highest BCUT2D eigenvalue weighted by molar-refractivity contribution is 9.10. The second kappa shape index (κ2) is 10.6. The summed E-state index contributed by atoms with van der Waals surface area (Å²) in [4.78, 5) is 0. The molecule has 2 atom stereocenters. The molecule has 208 valence electrons. The van der Waals surface area contributed by atoms with Gasteiger partial charge in [-0.05, 0) is 117 Å². The highest BCUT2D eigenvalue weighted by Crippen LogP contribution is 2.67. The molecule has 2 aliphatic rings. The minimum Gasteiger partial charge on any atom is -0.211 e. The Balaban J connectivity index is 1.81. The Morgan fingerprint density at radius 3 is 2.10 bits per heavy atom. The zero-order valence-electron chi connectivity index (χ0n) is 21.8. The van der Waals surface area contributed by atoms with E-state index in [9.17, 15) is 13.2 Å². The van der Waals surface area contributed by atoms with E-state index in [0.717, 1.165) is 17.7 Å². The Morgan fingerprint density at radius 2 is 1.46 bits per heavy atom. The molecule has 0 saturated heterocycles. The van der Waals surface area contributed by atoms with Crippen LogP contribution >= 0.6 is 27.5 Å². The molecule has 0 spiro atoms. The van der Waals surface area contributed by atoms with E-state index in [1.807, 2.05) is 30.3 Å². The number of rotatable bonds is 5. The van der Waals surface area contributed by atoms with Gasteiger partial charge in [0.25, 0.3) is 0 Å². The molecule has 0 heterocycles. The molecular weight excluding hydrogens is 619 g/mol. The molecule has 1 fully saturated rings. The first-order chi connectivity index (χ1) is 19.6. The highest BCUT2D eigenvalue weighted by Gasteiger charge is 2.59. The first kappa shape index (κ1) is 27.9. The van der Waals surface area contributed by atoms with Gasteiger partial charge in [0.2, 0.25) is 0 Å². The van der Waals surface area contributed by atoms with Crippen molar-refractivity contribution in [2.45, 2.75) is 31.1 Å². The van der Waals surface area contributed by atoms with Crippen LogP contribution in [0.2, 0.25) is 5.02 Å². The van der Waals surface area contributed by atoms with Crippen molar-refractivity contribution >= 4 is 38.7 Å². The molecule has 0 nitrogen and oxygen atoms in total. The first-order valence-corrected chi connectivity index (χ1v) is 14.3. The smallest absolute Gasteiger partial charge is 0.159 e. The van der Waals surface area contributed by atoms with Gasteiger partial charge in [0, 0.05) is 5.41 Å². The van der Waals surface area contributed by atoms with Crippen LogP contribution in [0, 0.1) is 29.2 Å². The molecule has 0 bridgehead atoms. The maximum atomic E-state index is 17.1. The molecule has 41 heavy (non-hydrogen) atoms. The molecule has 6 rings (SSSR count). The van der Waals surface area contributed by atoms with Crippen molar-refractivity contribution in [1.29, 1.82) is 0 Å². The van der Waals surface area contributed by atoms with Gasteiger partial charge in [0.1, 0.15) is 17.5 Å². The Kier molecular flexibility index (Phi) is 7.19. The SMILES string of the molecule is CC1=C(F)C(c2ccc(F)c(F)c2)C(c2ccc(Br)c(F)c2)(C2CC2)C(c2ccccc2)=C1c1ccc(Cl)c(F)c1. The van der Waals surface area contributed by atoms with E-state index >= 15 is 8.78 Å². The van der Waals surface area contributed by atoms with E-state index in [2.05, 4.69) is 15.9 Å². The van der Waals surface area contributed by atoms with Crippen LogP contribution < -0.4 is 0 Å². The van der Waals surface area contributed by atoms with Gasteiger partial charge >= 0.3 is 0 Å². The minimum atomic E-state index is -1.25. The lowest BCUT2D eigenvalue weighted by molar-refractivity contribution is 0.363. The standard InChI is InChI=1S/C34H23BrClF5/c1-18-30(20-7-13-25(36)28(39)15-20)31(19-5-3-2-4-6-19)34(22-9-10-22,23-11-12-24(35)27(38)17-23)32(33(18)41)21-8-14-26(37)29(40)16-21/h2-8,11-17,22,32H,9-10H2,1H3. The second-order valence-electron chi connectivity index (χ2n) is 10.6. The van der Waals surface area contributed by atoms with Crippen LogP contribution in [0.25, 0.3) is 11.1 Å². The van der Waals surface area contributed by atoms with E-state index in [0.29, 0.717) is 35.1 Å². The van der Waals surface area contributed by atoms with Crippen LogP contribution in [-0.4, -0.2) is 0 Å². The fraction of sp³-hybridized carbons (Fsp3) is 0.176. The first-order valence-electron chi connectivity index (χ1n) is 13.2. The lowest BCUT2D eigenvalue weighted by Gasteiger charge is -2.48. The molecule has 2 unspecified atom stereocenters. The van der Waals surface area contributed by atoms with Crippen molar-refractivity contribution in [3.63, 3.8) is 0 Å². The Labute approximate surface area is 248 Å². The summed E-state index contributed by atoms with van der Waals surface area (Å²) in [5.41, 5.74) is 1.96. The number of hydrogen-bond donors (Lipinski definition) is 0. The predicted molar refractivity (Wildman–Crippen MR) is 156 cm³/mol. The Morgan fingerprint density at radius 1 is 0.732 bits per heavy atom. The summed E-state index contributed by atoms with van der Waals surface area (Å²) in [6.45, 7) is 1.60. The zero-order valence-corrected chi connectivity index (χ0v) is 24.1. The van der Waals surface area contributed by atoms with Gasteiger partial charge in [-0.25, -0.2) is 22.0 Å². The average molecular weight is 642 g/mol. The lowest BCUT2D eigenvalue weighted by Crippen LogP contribution is -2.41. The lowest BCUT2D eigenvalue weighted by atomic mass is 9.54. The fourth-order valence-corrected chi connectivity index (χ4v) is 6.82. The van der Waals surface area contributed by atoms with Crippen LogP contribution in [0.15, 0.2) is 101 Å². The zero-order chi connectivity index (χ0) is 29.1. The number of benzene rings is 4. The molecule has 0 radical (unpaired) electrons. The van der Waals surface area contributed by atoms with Gasteiger partial charge in [0.05, 0.1) is 15.4 Å². The highest BCUT2D eigenvalue weighted by atomic mass is 79.9. The van der Waals surface area contributed by atoms with E-state index in [4.69, 9.17) is 11.6 Å². The maximum Gasteiger partial charge on any atom is 0.159 e. The Bertz CT molecular complexity index is 1740. The summed E-state index contributed by atoms with van der Waals surface area (Å²) in [7, 11) is 0. The summed E-state index contributed by atoms with van der Waals surface area (Å²) >= 11 is 9.25. The molecule has 2 aliphatic carbocycles. The topological polar surface area (TPSA) is 0 Å². The van der Waals surface area contributed by atoms with Crippen molar-refractivity contribution in [3.05, 3.63) is 151 Å². The van der Waals surface area contributed by atoms with E-state index in [1.165, 1.54) is 24.3 Å². The van der Waals surface area contributed by atoms with Crippen molar-refractivity contribution < 1.29 is 22.0 Å². The minimum absolute atomic E-state index is 0.0726. The summed E-state index contributed by atoms with van der Waals surface area (Å²) in [6.07, 6.45) is 1.39. The molecule has 7 heteroatoms. The van der Waals surface area contributed by atoms with Crippen molar-refractivity contribution in [3.8, 4) is 0 Å². The molecule has 0 aromatic heterocycles. The molecule has 4 aromatic rings. The summed E-state index contributed by atoms with van der Waals surface area (Å²) in [6, 6.07) is 21.7. The fourth-order valence-electron chi connectivity index (χ4n) is 6.45. The number of hydrogen-bond acceptors (Lipinski definition) is 0. The summed E-state index contributed by atoms with van der Waals surface area (Å²) in [5.74, 6) is -5.21. The van der Waals surface area contributed by atoms with Gasteiger partial charge in [0.15, 0.2) is 11.6 Å². The summed E-state index contributed by atoms with van der Waals surface area (Å²) < 4.78 is 76.4. The van der Waals surface area contributed by atoms with Crippen molar-refractivity contribution in [1.82, 2.24) is 0 Å². The van der Waals surface area contributed by atoms with Gasteiger partial charge in [-0.3, -0.25) is 0 Å². The van der Waals surface area contributed by atoms with Gasteiger partial charge in [-0.1, -0.05) is 60.1 Å². The third-order valence-corrected chi connectivity index (χ3v) is 9.22. The van der Waals surface area contributed by atoms with Crippen LogP contribution in [0.4, 0.5) is 22.0 Å². The van der Waals surface area contributed by atoms with Gasteiger partial charge < -0.3 is 0 Å². The van der Waals surface area contributed by atoms with Crippen LogP contribution in [0.5, 0.6) is 0 Å². The third-order valence-electron chi connectivity index (χ3n) is 8.27.